The number of fused-ring (bicyclic) bond motifs is 1. The number of likely N-dealkylation sites (N-methyl/N-ethyl adjacent to an activating group) is 1. The van der Waals surface area contributed by atoms with Gasteiger partial charge in [0, 0.05) is 19.2 Å². The number of rotatable bonds is 7. The van der Waals surface area contributed by atoms with E-state index < -0.39 is 12.0 Å². The molecule has 0 aliphatic rings. The average Bonchev–Trinajstić information content (AvgIpc) is 2.91. The number of aliphatic hydroxyl groups is 1. The highest BCUT2D eigenvalue weighted by molar-refractivity contribution is 5.35. The number of alkyl halides is 3. The van der Waals surface area contributed by atoms with Gasteiger partial charge in [0.25, 0.3) is 11.6 Å². The van der Waals surface area contributed by atoms with Crippen molar-refractivity contribution in [2.24, 2.45) is 0 Å². The molecule has 0 unspecified atom stereocenters. The zero-order valence-corrected chi connectivity index (χ0v) is 12.8. The summed E-state index contributed by atoms with van der Waals surface area (Å²) in [6.45, 7) is 5.35. The van der Waals surface area contributed by atoms with Gasteiger partial charge in [0.2, 0.25) is 5.88 Å². The molecule has 1 N–H and O–H groups in total. The molecule has 2 rings (SSSR count). The van der Waals surface area contributed by atoms with Gasteiger partial charge in [0.15, 0.2) is 0 Å². The maximum absolute atomic E-state index is 12.8. The summed E-state index contributed by atoms with van der Waals surface area (Å²) >= 11 is 0. The molecule has 0 bridgehead atoms. The largest absolute Gasteiger partial charge is 0.478 e. The Morgan fingerprint density at radius 1 is 1.30 bits per heavy atom. The fourth-order valence-corrected chi connectivity index (χ4v) is 2.06. The van der Waals surface area contributed by atoms with Crippen molar-refractivity contribution >= 4 is 5.78 Å². The molecule has 10 heteroatoms. The minimum atomic E-state index is -4.65. The Morgan fingerprint density at radius 2 is 2.04 bits per heavy atom. The van der Waals surface area contributed by atoms with Crippen LogP contribution in [0.25, 0.3) is 5.78 Å². The summed E-state index contributed by atoms with van der Waals surface area (Å²) in [5.41, 5.74) is 0.498. The molecule has 0 amide bonds. The Hall–Kier alpha value is -1.94. The van der Waals surface area contributed by atoms with Crippen LogP contribution in [0.15, 0.2) is 6.07 Å². The zero-order valence-electron chi connectivity index (χ0n) is 12.8. The number of hydrogen-bond acceptors (Lipinski definition) is 6. The first-order valence-electron chi connectivity index (χ1n) is 7.19. The minimum absolute atomic E-state index is 0.0163. The highest BCUT2D eigenvalue weighted by Crippen LogP contribution is 2.27. The summed E-state index contributed by atoms with van der Waals surface area (Å²) in [7, 11) is 0. The van der Waals surface area contributed by atoms with Crippen LogP contribution in [0.2, 0.25) is 0 Å². The molecule has 0 saturated carbocycles. The van der Waals surface area contributed by atoms with Gasteiger partial charge in [-0.15, -0.1) is 5.10 Å². The first kappa shape index (κ1) is 17.4. The summed E-state index contributed by atoms with van der Waals surface area (Å²) in [5, 5.41) is 12.4. The van der Waals surface area contributed by atoms with Crippen molar-refractivity contribution < 1.29 is 23.0 Å². The smallest absolute Gasteiger partial charge is 0.453 e. The van der Waals surface area contributed by atoms with Crippen molar-refractivity contribution in [3.05, 3.63) is 17.6 Å². The van der Waals surface area contributed by atoms with Crippen LogP contribution in [0.4, 0.5) is 13.2 Å². The molecule has 2 aromatic rings. The predicted molar refractivity (Wildman–Crippen MR) is 75.0 cm³/mol. The lowest BCUT2D eigenvalue weighted by Crippen LogP contribution is -2.26. The fraction of sp³-hybridized carbons (Fsp3) is 0.615. The van der Waals surface area contributed by atoms with E-state index in [1.54, 1.807) is 6.92 Å². The lowest BCUT2D eigenvalue weighted by molar-refractivity contribution is -0.144. The lowest BCUT2D eigenvalue weighted by Gasteiger charge is -2.18. The summed E-state index contributed by atoms with van der Waals surface area (Å²) in [4.78, 5) is 9.44. The quantitative estimate of drug-likeness (QED) is 0.824. The van der Waals surface area contributed by atoms with Gasteiger partial charge in [-0.05, 0) is 13.5 Å². The van der Waals surface area contributed by atoms with Crippen molar-refractivity contribution in [1.82, 2.24) is 24.5 Å². The van der Waals surface area contributed by atoms with Crippen LogP contribution < -0.4 is 4.74 Å². The van der Waals surface area contributed by atoms with Crippen LogP contribution in [0.5, 0.6) is 5.88 Å². The van der Waals surface area contributed by atoms with Crippen LogP contribution in [0.3, 0.4) is 0 Å². The van der Waals surface area contributed by atoms with Crippen molar-refractivity contribution in [3.8, 4) is 5.88 Å². The Kier molecular flexibility index (Phi) is 5.37. The molecule has 2 heterocycles. The number of aromatic nitrogens is 4. The van der Waals surface area contributed by atoms with Crippen LogP contribution in [-0.2, 0) is 12.7 Å². The zero-order chi connectivity index (χ0) is 17.0. The molecule has 0 aliphatic heterocycles. The van der Waals surface area contributed by atoms with E-state index in [2.05, 4.69) is 15.1 Å². The Morgan fingerprint density at radius 3 is 2.61 bits per heavy atom. The van der Waals surface area contributed by atoms with Crippen molar-refractivity contribution in [2.75, 3.05) is 26.3 Å². The second-order valence-corrected chi connectivity index (χ2v) is 4.76. The van der Waals surface area contributed by atoms with Gasteiger partial charge in [-0.3, -0.25) is 4.90 Å². The van der Waals surface area contributed by atoms with Crippen LogP contribution in [0.1, 0.15) is 25.4 Å². The number of halogens is 3. The standard InChI is InChI=1S/C13H18F3N5O2/c1-3-20(5-6-22)8-9-7-10(23-4-2)21-12(17-9)18-11(19-21)13(14,15)16/h7,22H,3-6,8H2,1-2H3. The summed E-state index contributed by atoms with van der Waals surface area (Å²) in [6, 6.07) is 1.53. The second-order valence-electron chi connectivity index (χ2n) is 4.76. The third-order valence-electron chi connectivity index (χ3n) is 3.13. The molecular formula is C13H18F3N5O2. The molecular weight excluding hydrogens is 315 g/mol. The van der Waals surface area contributed by atoms with Gasteiger partial charge >= 0.3 is 6.18 Å². The fourth-order valence-electron chi connectivity index (χ4n) is 2.06. The number of aliphatic hydroxyl groups excluding tert-OH is 1. The van der Waals surface area contributed by atoms with E-state index in [4.69, 9.17) is 9.84 Å². The van der Waals surface area contributed by atoms with Gasteiger partial charge in [-0.2, -0.15) is 22.7 Å². The van der Waals surface area contributed by atoms with E-state index in [1.807, 2.05) is 11.8 Å². The normalized spacial score (nSPS) is 12.3. The molecule has 0 aromatic carbocycles. The van der Waals surface area contributed by atoms with Gasteiger partial charge in [0.1, 0.15) is 0 Å². The van der Waals surface area contributed by atoms with Crippen molar-refractivity contribution in [3.63, 3.8) is 0 Å². The third-order valence-corrected chi connectivity index (χ3v) is 3.13. The van der Waals surface area contributed by atoms with E-state index in [1.165, 1.54) is 6.07 Å². The third kappa shape index (κ3) is 4.08. The van der Waals surface area contributed by atoms with E-state index in [-0.39, 0.29) is 24.9 Å². The van der Waals surface area contributed by atoms with E-state index >= 15 is 0 Å². The van der Waals surface area contributed by atoms with Crippen molar-refractivity contribution in [1.29, 1.82) is 0 Å². The predicted octanol–water partition coefficient (Wildman–Crippen LogP) is 1.36. The molecule has 0 fully saturated rings. The van der Waals surface area contributed by atoms with E-state index in [0.717, 1.165) is 4.52 Å². The monoisotopic (exact) mass is 333 g/mol. The number of nitrogens with zero attached hydrogens (tertiary/aromatic N) is 5. The van der Waals surface area contributed by atoms with Gasteiger partial charge < -0.3 is 9.84 Å². The van der Waals surface area contributed by atoms with Gasteiger partial charge in [-0.1, -0.05) is 6.92 Å². The average molecular weight is 333 g/mol. The van der Waals surface area contributed by atoms with Gasteiger partial charge in [0.05, 0.1) is 18.9 Å². The first-order chi connectivity index (χ1) is 10.9. The maximum atomic E-state index is 12.8. The van der Waals surface area contributed by atoms with Crippen LogP contribution in [0, 0.1) is 0 Å². The molecule has 0 spiro atoms. The first-order valence-corrected chi connectivity index (χ1v) is 7.19. The summed E-state index contributed by atoms with van der Waals surface area (Å²) in [6.07, 6.45) is -4.65. The van der Waals surface area contributed by atoms with E-state index in [9.17, 15) is 13.2 Å². The number of ether oxygens (including phenoxy) is 1. The van der Waals surface area contributed by atoms with Crippen molar-refractivity contribution in [2.45, 2.75) is 26.6 Å². The van der Waals surface area contributed by atoms with Gasteiger partial charge in [-0.25, -0.2) is 4.98 Å². The van der Waals surface area contributed by atoms with Crippen LogP contribution in [-0.4, -0.2) is 55.9 Å². The topological polar surface area (TPSA) is 75.8 Å². The molecule has 0 atom stereocenters. The molecule has 2 aromatic heterocycles. The summed E-state index contributed by atoms with van der Waals surface area (Å²) < 4.78 is 44.6. The highest BCUT2D eigenvalue weighted by Gasteiger charge is 2.37. The minimum Gasteiger partial charge on any atom is -0.478 e. The maximum Gasteiger partial charge on any atom is 0.453 e. The molecule has 0 saturated heterocycles. The Labute approximate surface area is 130 Å². The summed E-state index contributed by atoms with van der Waals surface area (Å²) in [5.74, 6) is -1.28. The van der Waals surface area contributed by atoms with E-state index in [0.29, 0.717) is 25.3 Å². The molecule has 0 aliphatic carbocycles. The Bertz CT molecular complexity index is 659. The highest BCUT2D eigenvalue weighted by atomic mass is 19.4. The molecule has 7 nitrogen and oxygen atoms in total. The number of hydrogen-bond donors (Lipinski definition) is 1. The van der Waals surface area contributed by atoms with Crippen LogP contribution >= 0.6 is 0 Å². The SMILES string of the molecule is CCOc1cc(CN(CC)CCO)nc2nc(C(F)(F)F)nn12. The lowest BCUT2D eigenvalue weighted by atomic mass is 10.3. The second kappa shape index (κ2) is 7.09. The molecule has 23 heavy (non-hydrogen) atoms. The molecule has 128 valence electrons. The Balaban J connectivity index is 2.43. The molecule has 0 radical (unpaired) electrons.